The number of fused-ring (bicyclic) bond motifs is 1. The first kappa shape index (κ1) is 19.4. The lowest BCUT2D eigenvalue weighted by Crippen LogP contribution is -2.32. The normalized spacial score (nSPS) is 11.3. The smallest absolute Gasteiger partial charge is 0.349 e. The number of para-hydroxylation sites is 1. The van der Waals surface area contributed by atoms with Gasteiger partial charge in [-0.3, -0.25) is 4.79 Å². The number of benzene rings is 2. The summed E-state index contributed by atoms with van der Waals surface area (Å²) < 4.78 is 13.0. The summed E-state index contributed by atoms with van der Waals surface area (Å²) in [6.45, 7) is 2.34. The van der Waals surface area contributed by atoms with Gasteiger partial charge in [-0.15, -0.1) is 4.68 Å². The van der Waals surface area contributed by atoms with Gasteiger partial charge in [-0.1, -0.05) is 12.1 Å². The molecule has 27 heavy (non-hydrogen) atoms. The summed E-state index contributed by atoms with van der Waals surface area (Å²) >= 11 is 6.93. The van der Waals surface area contributed by atoms with Crippen LogP contribution in [0.15, 0.2) is 54.0 Å². The number of ether oxygens (including phenoxy) is 2. The van der Waals surface area contributed by atoms with Crippen LogP contribution < -0.4 is 20.7 Å². The highest BCUT2D eigenvalue weighted by Crippen LogP contribution is 2.42. The average molecular weight is 497 g/mol. The van der Waals surface area contributed by atoms with E-state index in [2.05, 4.69) is 41.9 Å². The van der Waals surface area contributed by atoms with Crippen molar-refractivity contribution in [2.75, 3.05) is 13.7 Å². The van der Waals surface area contributed by atoms with Crippen molar-refractivity contribution in [3.05, 3.63) is 65.7 Å². The SMILES string of the molecule is CCOc1c(OC)cc(C=Nn2c(=O)[nH]c3ccccc3c2=O)c(Br)c1Br. The largest absolute Gasteiger partial charge is 0.493 e. The number of hydrogen-bond acceptors (Lipinski definition) is 5. The van der Waals surface area contributed by atoms with Gasteiger partial charge in [-0.25, -0.2) is 4.79 Å². The molecule has 0 bridgehead atoms. The molecule has 0 unspecified atom stereocenters. The summed E-state index contributed by atoms with van der Waals surface area (Å²) in [5.41, 5.74) is -0.0611. The molecule has 0 saturated heterocycles. The van der Waals surface area contributed by atoms with Gasteiger partial charge in [0.25, 0.3) is 5.56 Å². The van der Waals surface area contributed by atoms with Gasteiger partial charge in [0.1, 0.15) is 0 Å². The number of methoxy groups -OCH3 is 1. The molecule has 140 valence electrons. The van der Waals surface area contributed by atoms with Crippen LogP contribution in [0.3, 0.4) is 0 Å². The van der Waals surface area contributed by atoms with E-state index in [1.807, 2.05) is 6.92 Å². The van der Waals surface area contributed by atoms with Crippen molar-refractivity contribution in [1.82, 2.24) is 9.66 Å². The highest BCUT2D eigenvalue weighted by molar-refractivity contribution is 9.13. The van der Waals surface area contributed by atoms with Crippen molar-refractivity contribution in [3.8, 4) is 11.5 Å². The number of H-pyrrole nitrogens is 1. The Morgan fingerprint density at radius 2 is 1.96 bits per heavy atom. The predicted octanol–water partition coefficient (Wildman–Crippen LogP) is 3.50. The van der Waals surface area contributed by atoms with E-state index in [-0.39, 0.29) is 0 Å². The molecular weight excluding hydrogens is 482 g/mol. The van der Waals surface area contributed by atoms with Crippen LogP contribution >= 0.6 is 31.9 Å². The Balaban J connectivity index is 2.12. The van der Waals surface area contributed by atoms with Crippen LogP contribution in [0.5, 0.6) is 11.5 Å². The van der Waals surface area contributed by atoms with Crippen molar-refractivity contribution < 1.29 is 9.47 Å². The van der Waals surface area contributed by atoms with Crippen LogP contribution in [0.2, 0.25) is 0 Å². The van der Waals surface area contributed by atoms with E-state index >= 15 is 0 Å². The highest BCUT2D eigenvalue weighted by atomic mass is 79.9. The second kappa shape index (κ2) is 8.10. The van der Waals surface area contributed by atoms with E-state index in [1.165, 1.54) is 13.3 Å². The standard InChI is InChI=1S/C18H15Br2N3O4/c1-3-27-16-13(26-2)8-10(14(19)15(16)20)9-21-23-17(24)11-6-4-5-7-12(11)22-18(23)25/h4-9H,3H2,1-2H3,(H,22,25). The first-order chi connectivity index (χ1) is 13.0. The average Bonchev–Trinajstić information content (AvgIpc) is 2.67. The lowest BCUT2D eigenvalue weighted by Gasteiger charge is -2.14. The van der Waals surface area contributed by atoms with Gasteiger partial charge in [-0.2, -0.15) is 5.10 Å². The molecule has 3 aromatic rings. The fourth-order valence-electron chi connectivity index (χ4n) is 2.51. The fourth-order valence-corrected chi connectivity index (χ4v) is 3.44. The number of nitrogens with one attached hydrogen (secondary N) is 1. The van der Waals surface area contributed by atoms with Crippen LogP contribution in [-0.2, 0) is 0 Å². The van der Waals surface area contributed by atoms with Crippen LogP contribution in [0, 0.1) is 0 Å². The third kappa shape index (κ3) is 3.70. The summed E-state index contributed by atoms with van der Waals surface area (Å²) in [5, 5.41) is 4.44. The minimum atomic E-state index is -0.622. The topological polar surface area (TPSA) is 85.7 Å². The molecule has 0 atom stereocenters. The van der Waals surface area contributed by atoms with Crippen LogP contribution in [0.4, 0.5) is 0 Å². The molecule has 0 aliphatic heterocycles. The molecule has 0 amide bonds. The number of nitrogens with zero attached hydrogens (tertiary/aromatic N) is 2. The molecule has 1 N–H and O–H groups in total. The fraction of sp³-hybridized carbons (Fsp3) is 0.167. The molecule has 7 nitrogen and oxygen atoms in total. The lowest BCUT2D eigenvalue weighted by atomic mass is 10.2. The minimum Gasteiger partial charge on any atom is -0.493 e. The van der Waals surface area contributed by atoms with E-state index in [9.17, 15) is 9.59 Å². The molecule has 1 heterocycles. The molecule has 1 aromatic heterocycles. The second-order valence-corrected chi connectivity index (χ2v) is 6.98. The maximum Gasteiger partial charge on any atom is 0.349 e. The van der Waals surface area contributed by atoms with Crippen LogP contribution in [0.25, 0.3) is 10.9 Å². The second-order valence-electron chi connectivity index (χ2n) is 5.40. The Kier molecular flexibility index (Phi) is 5.81. The molecule has 2 aromatic carbocycles. The van der Waals surface area contributed by atoms with Crippen molar-refractivity contribution in [1.29, 1.82) is 0 Å². The Bertz CT molecular complexity index is 1150. The van der Waals surface area contributed by atoms with Gasteiger partial charge in [-0.05, 0) is 57.0 Å². The van der Waals surface area contributed by atoms with Crippen molar-refractivity contribution in [2.45, 2.75) is 6.92 Å². The Morgan fingerprint density at radius 3 is 2.67 bits per heavy atom. The zero-order chi connectivity index (χ0) is 19.6. The molecule has 3 rings (SSSR count). The first-order valence-electron chi connectivity index (χ1n) is 7.95. The molecule has 0 spiro atoms. The number of halogens is 2. The van der Waals surface area contributed by atoms with Gasteiger partial charge in [0.05, 0.1) is 35.3 Å². The van der Waals surface area contributed by atoms with E-state index < -0.39 is 11.2 Å². The Labute approximate surface area is 170 Å². The van der Waals surface area contributed by atoms with Crippen molar-refractivity contribution >= 4 is 49.0 Å². The summed E-state index contributed by atoms with van der Waals surface area (Å²) in [6, 6.07) is 8.46. The van der Waals surface area contributed by atoms with E-state index in [1.54, 1.807) is 30.3 Å². The van der Waals surface area contributed by atoms with E-state index in [4.69, 9.17) is 9.47 Å². The quantitative estimate of drug-likeness (QED) is 0.548. The highest BCUT2D eigenvalue weighted by Gasteiger charge is 2.16. The number of aromatic amines is 1. The monoisotopic (exact) mass is 495 g/mol. The summed E-state index contributed by atoms with van der Waals surface area (Å²) in [5.74, 6) is 1.04. The molecule has 9 heteroatoms. The summed E-state index contributed by atoms with van der Waals surface area (Å²) in [7, 11) is 1.53. The molecule has 0 radical (unpaired) electrons. The van der Waals surface area contributed by atoms with Crippen LogP contribution in [-0.4, -0.2) is 29.6 Å². The van der Waals surface area contributed by atoms with E-state index in [0.29, 0.717) is 43.5 Å². The zero-order valence-corrected chi connectivity index (χ0v) is 17.6. The van der Waals surface area contributed by atoms with Crippen molar-refractivity contribution in [2.24, 2.45) is 5.10 Å². The Hall–Kier alpha value is -2.39. The van der Waals surface area contributed by atoms with E-state index in [0.717, 1.165) is 4.68 Å². The van der Waals surface area contributed by atoms with Gasteiger partial charge in [0.2, 0.25) is 0 Å². The van der Waals surface area contributed by atoms with Crippen molar-refractivity contribution in [3.63, 3.8) is 0 Å². The van der Waals surface area contributed by atoms with Gasteiger partial charge < -0.3 is 14.5 Å². The predicted molar refractivity (Wildman–Crippen MR) is 111 cm³/mol. The molecule has 0 aliphatic rings. The van der Waals surface area contributed by atoms with Gasteiger partial charge in [0.15, 0.2) is 11.5 Å². The van der Waals surface area contributed by atoms with Crippen LogP contribution in [0.1, 0.15) is 12.5 Å². The number of aromatic nitrogens is 2. The minimum absolute atomic E-state index is 0.374. The lowest BCUT2D eigenvalue weighted by molar-refractivity contribution is 0.308. The third-order valence-corrected chi connectivity index (χ3v) is 5.90. The summed E-state index contributed by atoms with van der Waals surface area (Å²) in [6.07, 6.45) is 1.40. The van der Waals surface area contributed by atoms with Gasteiger partial charge >= 0.3 is 5.69 Å². The molecule has 0 aliphatic carbocycles. The molecule has 0 saturated carbocycles. The van der Waals surface area contributed by atoms with Gasteiger partial charge in [0, 0.05) is 10.0 Å². The molecule has 0 fully saturated rings. The summed E-state index contributed by atoms with van der Waals surface area (Å²) in [4.78, 5) is 27.4. The zero-order valence-electron chi connectivity index (χ0n) is 14.5. The Morgan fingerprint density at radius 1 is 1.22 bits per heavy atom. The number of hydrogen-bond donors (Lipinski definition) is 1. The maximum absolute atomic E-state index is 12.5. The third-order valence-electron chi connectivity index (χ3n) is 3.76. The number of rotatable bonds is 5. The first-order valence-corrected chi connectivity index (χ1v) is 9.53. The molecular formula is C18H15Br2N3O4. The maximum atomic E-state index is 12.5.